The Labute approximate surface area is 254 Å². The Hall–Kier alpha value is -4.38. The summed E-state index contributed by atoms with van der Waals surface area (Å²) in [6.07, 6.45) is 1.28. The van der Waals surface area contributed by atoms with Gasteiger partial charge in [-0.1, -0.05) is 109 Å². The van der Waals surface area contributed by atoms with Crippen molar-refractivity contribution in [1.29, 1.82) is 0 Å². The molecule has 6 aromatic rings. The van der Waals surface area contributed by atoms with Crippen LogP contribution in [0.2, 0.25) is 0 Å². The molecule has 7 heteroatoms. The maximum atomic E-state index is 13.6. The second-order valence-corrected chi connectivity index (χ2v) is 14.6. The number of benzene rings is 5. The van der Waals surface area contributed by atoms with E-state index in [1.807, 2.05) is 60.7 Å². The monoisotopic (exact) mass is 604 g/mol. The molecule has 0 unspecified atom stereocenters. The van der Waals surface area contributed by atoms with E-state index in [1.54, 1.807) is 7.11 Å². The minimum atomic E-state index is -3.67. The van der Waals surface area contributed by atoms with Crippen LogP contribution in [0.25, 0.3) is 16.6 Å². The molecule has 5 nitrogen and oxygen atoms in total. The second-order valence-electron chi connectivity index (χ2n) is 10.5. The summed E-state index contributed by atoms with van der Waals surface area (Å²) in [6, 6.07) is 45.2. The van der Waals surface area contributed by atoms with Crippen molar-refractivity contribution in [3.8, 4) is 11.4 Å². The molecule has 0 aliphatic rings. The van der Waals surface area contributed by atoms with Crippen LogP contribution >= 0.6 is 7.92 Å². The Balaban J connectivity index is 1.63. The van der Waals surface area contributed by atoms with Gasteiger partial charge >= 0.3 is 0 Å². The lowest BCUT2D eigenvalue weighted by Crippen LogP contribution is -2.32. The Morgan fingerprint density at radius 1 is 0.744 bits per heavy atom. The smallest absolute Gasteiger partial charge is 0.233 e. The van der Waals surface area contributed by atoms with Crippen molar-refractivity contribution in [2.75, 3.05) is 17.7 Å². The molecule has 0 N–H and O–H groups in total. The number of fused-ring (bicyclic) bond motifs is 1. The molecular weight excluding hydrogens is 571 g/mol. The van der Waals surface area contributed by atoms with Crippen molar-refractivity contribution in [2.24, 2.45) is 0 Å². The topological polar surface area (TPSA) is 51.5 Å². The van der Waals surface area contributed by atoms with Gasteiger partial charge < -0.3 is 4.74 Å². The number of aromatic nitrogens is 1. The van der Waals surface area contributed by atoms with E-state index < -0.39 is 17.9 Å². The summed E-state index contributed by atoms with van der Waals surface area (Å²) in [5, 5.41) is 4.59. The quantitative estimate of drug-likeness (QED) is 0.173. The summed E-state index contributed by atoms with van der Waals surface area (Å²) in [6.45, 7) is 2.29. The fourth-order valence-electron chi connectivity index (χ4n) is 5.52. The van der Waals surface area contributed by atoms with Gasteiger partial charge in [0.15, 0.2) is 0 Å². The maximum absolute atomic E-state index is 13.6. The average molecular weight is 605 g/mol. The highest BCUT2D eigenvalue weighted by atomic mass is 32.2. The molecular formula is C36H33N2O3PS. The molecule has 0 aliphatic carbocycles. The molecule has 0 radical (unpaired) electrons. The van der Waals surface area contributed by atoms with E-state index in [1.165, 1.54) is 21.2 Å². The van der Waals surface area contributed by atoms with E-state index in [0.29, 0.717) is 5.82 Å². The number of hydrogen-bond donors (Lipinski definition) is 0. The fourth-order valence-corrected chi connectivity index (χ4v) is 8.90. The van der Waals surface area contributed by atoms with Gasteiger partial charge in [-0.3, -0.25) is 8.87 Å². The van der Waals surface area contributed by atoms with Crippen LogP contribution in [0.1, 0.15) is 11.1 Å². The van der Waals surface area contributed by atoms with Crippen LogP contribution in [-0.2, 0) is 16.6 Å². The largest absolute Gasteiger partial charge is 0.497 e. The summed E-state index contributed by atoms with van der Waals surface area (Å²) in [7, 11) is -3.01. The first-order valence-electron chi connectivity index (χ1n) is 14.1. The molecule has 0 saturated heterocycles. The van der Waals surface area contributed by atoms with Crippen LogP contribution in [0.3, 0.4) is 0 Å². The number of rotatable bonds is 9. The second kappa shape index (κ2) is 12.1. The lowest BCUT2D eigenvalue weighted by molar-refractivity contribution is 0.414. The van der Waals surface area contributed by atoms with Gasteiger partial charge in [0.05, 0.1) is 31.1 Å². The molecule has 0 spiro atoms. The zero-order chi connectivity index (χ0) is 30.0. The van der Waals surface area contributed by atoms with E-state index in [2.05, 4.69) is 84.3 Å². The molecule has 0 atom stereocenters. The molecule has 6 rings (SSSR count). The average Bonchev–Trinajstić information content (AvgIpc) is 3.39. The predicted octanol–water partition coefficient (Wildman–Crippen LogP) is 6.67. The molecule has 5 aromatic carbocycles. The van der Waals surface area contributed by atoms with Crippen molar-refractivity contribution in [2.45, 2.75) is 13.5 Å². The number of nitrogens with zero attached hydrogens (tertiary/aromatic N) is 2. The highest BCUT2D eigenvalue weighted by Crippen LogP contribution is 2.40. The van der Waals surface area contributed by atoms with E-state index in [4.69, 9.17) is 4.74 Å². The fraction of sp³-hybridized carbons (Fsp3) is 0.111. The van der Waals surface area contributed by atoms with Gasteiger partial charge in [-0.15, -0.1) is 0 Å². The molecule has 0 aliphatic heterocycles. The third kappa shape index (κ3) is 5.81. The number of methoxy groups -OCH3 is 1. The maximum Gasteiger partial charge on any atom is 0.233 e. The van der Waals surface area contributed by atoms with E-state index in [9.17, 15) is 8.42 Å². The number of hydrogen-bond acceptors (Lipinski definition) is 3. The van der Waals surface area contributed by atoms with Crippen molar-refractivity contribution in [3.05, 3.63) is 145 Å². The number of anilines is 1. The highest BCUT2D eigenvalue weighted by Gasteiger charge is 2.28. The van der Waals surface area contributed by atoms with Gasteiger partial charge in [0.2, 0.25) is 10.0 Å². The summed E-state index contributed by atoms with van der Waals surface area (Å²) >= 11 is 0. The minimum absolute atomic E-state index is 0.187. The first-order chi connectivity index (χ1) is 20.8. The van der Waals surface area contributed by atoms with Gasteiger partial charge in [-0.25, -0.2) is 8.42 Å². The van der Waals surface area contributed by atoms with Crippen LogP contribution < -0.4 is 25.0 Å². The standard InChI is InChI=1S/C36H33N2O3PS/c1-27-13-12-20-34(42(31-15-6-4-7-16-31)32-17-8-5-9-18-32)36(27)38-33-19-11-10-14-29(33)25-35(38)37(43(3,39)40)26-28-21-23-30(41-2)24-22-28/h4-25H,26H2,1-3H3. The normalized spacial score (nSPS) is 11.6. The predicted molar refractivity (Wildman–Crippen MR) is 181 cm³/mol. The minimum Gasteiger partial charge on any atom is -0.497 e. The molecule has 1 aromatic heterocycles. The van der Waals surface area contributed by atoms with Gasteiger partial charge in [0.25, 0.3) is 0 Å². The Morgan fingerprint density at radius 3 is 1.95 bits per heavy atom. The molecule has 43 heavy (non-hydrogen) atoms. The number of aryl methyl sites for hydroxylation is 1. The number of sulfonamides is 1. The van der Waals surface area contributed by atoms with Crippen LogP contribution in [0.5, 0.6) is 5.75 Å². The first kappa shape index (κ1) is 28.7. The lowest BCUT2D eigenvalue weighted by atomic mass is 10.2. The number of para-hydroxylation sites is 2. The Morgan fingerprint density at radius 2 is 1.35 bits per heavy atom. The van der Waals surface area contributed by atoms with Crippen molar-refractivity contribution in [3.63, 3.8) is 0 Å². The SMILES string of the molecule is COc1ccc(CN(c2cc3ccccc3n2-c2c(C)cccc2P(c2ccccc2)c2ccccc2)S(C)(=O)=O)cc1. The van der Waals surface area contributed by atoms with E-state index in [0.717, 1.165) is 38.8 Å². The molecule has 0 saturated carbocycles. The zero-order valence-corrected chi connectivity index (χ0v) is 26.1. The van der Waals surface area contributed by atoms with Gasteiger partial charge in [-0.2, -0.15) is 0 Å². The van der Waals surface area contributed by atoms with E-state index in [-0.39, 0.29) is 6.54 Å². The first-order valence-corrected chi connectivity index (χ1v) is 17.3. The zero-order valence-electron chi connectivity index (χ0n) is 24.4. The third-order valence-corrected chi connectivity index (χ3v) is 11.1. The summed E-state index contributed by atoms with van der Waals surface area (Å²) in [5.41, 5.74) is 3.88. The van der Waals surface area contributed by atoms with Gasteiger partial charge in [0.1, 0.15) is 11.6 Å². The van der Waals surface area contributed by atoms with Crippen LogP contribution in [0.15, 0.2) is 133 Å². The summed E-state index contributed by atoms with van der Waals surface area (Å²) in [5.74, 6) is 1.33. The third-order valence-electron chi connectivity index (χ3n) is 7.54. The summed E-state index contributed by atoms with van der Waals surface area (Å²) < 4.78 is 36.1. The van der Waals surface area contributed by atoms with Crippen molar-refractivity contribution >= 4 is 50.6 Å². The molecule has 216 valence electrons. The lowest BCUT2D eigenvalue weighted by Gasteiger charge is -2.28. The molecule has 0 amide bonds. The summed E-state index contributed by atoms with van der Waals surface area (Å²) in [4.78, 5) is 0. The Bertz CT molecular complexity index is 1930. The van der Waals surface area contributed by atoms with Crippen LogP contribution in [0, 0.1) is 6.92 Å². The van der Waals surface area contributed by atoms with Crippen molar-refractivity contribution in [1.82, 2.24) is 4.57 Å². The van der Waals surface area contributed by atoms with E-state index >= 15 is 0 Å². The molecule has 0 fully saturated rings. The van der Waals surface area contributed by atoms with Crippen molar-refractivity contribution < 1.29 is 13.2 Å². The Kier molecular flexibility index (Phi) is 8.07. The van der Waals surface area contributed by atoms with Crippen LogP contribution in [0.4, 0.5) is 5.82 Å². The molecule has 0 bridgehead atoms. The van der Waals surface area contributed by atoms with Gasteiger partial charge in [-0.05, 0) is 60.8 Å². The van der Waals surface area contributed by atoms with Gasteiger partial charge in [0, 0.05) is 10.7 Å². The highest BCUT2D eigenvalue weighted by molar-refractivity contribution is 7.92. The number of ether oxygens (including phenoxy) is 1. The van der Waals surface area contributed by atoms with Crippen LogP contribution in [-0.4, -0.2) is 26.4 Å². The molecule has 1 heterocycles.